The van der Waals surface area contributed by atoms with E-state index in [1.54, 1.807) is 12.1 Å². The van der Waals surface area contributed by atoms with Crippen LogP contribution in [0.15, 0.2) is 29.4 Å². The fraction of sp³-hybridized carbons (Fsp3) is 0.286. The Hall–Kier alpha value is -2.74. The van der Waals surface area contributed by atoms with Crippen molar-refractivity contribution in [3.63, 3.8) is 0 Å². The second-order valence-corrected chi connectivity index (χ2v) is 4.19. The van der Waals surface area contributed by atoms with Crippen molar-refractivity contribution in [2.45, 2.75) is 6.42 Å². The van der Waals surface area contributed by atoms with Crippen LogP contribution < -0.4 is 10.7 Å². The first-order valence-corrected chi connectivity index (χ1v) is 6.48. The van der Waals surface area contributed by atoms with Gasteiger partial charge in [-0.3, -0.25) is 9.59 Å². The number of rotatable bonds is 7. The van der Waals surface area contributed by atoms with E-state index < -0.39 is 17.8 Å². The lowest BCUT2D eigenvalue weighted by atomic mass is 10.1. The molecule has 1 aromatic carbocycles. The highest BCUT2D eigenvalue weighted by molar-refractivity contribution is 6.35. The number of hydrazone groups is 1. The summed E-state index contributed by atoms with van der Waals surface area (Å²) in [4.78, 5) is 33.8. The third-order valence-electron chi connectivity index (χ3n) is 2.58. The van der Waals surface area contributed by atoms with Crippen LogP contribution in [0.5, 0.6) is 0 Å². The number of benzene rings is 1. The number of carbonyl (C=O) groups excluding carboxylic acids is 2. The second-order valence-electron chi connectivity index (χ2n) is 4.19. The fourth-order valence-corrected chi connectivity index (χ4v) is 1.51. The largest absolute Gasteiger partial charge is 0.478 e. The van der Waals surface area contributed by atoms with Crippen LogP contribution in [0.25, 0.3) is 0 Å². The van der Waals surface area contributed by atoms with Crippen LogP contribution in [0.4, 0.5) is 0 Å². The normalized spacial score (nSPS) is 10.4. The van der Waals surface area contributed by atoms with E-state index in [0.29, 0.717) is 25.1 Å². The molecule has 22 heavy (non-hydrogen) atoms. The zero-order valence-electron chi connectivity index (χ0n) is 12.0. The average molecular weight is 307 g/mol. The van der Waals surface area contributed by atoms with Crippen LogP contribution >= 0.6 is 0 Å². The summed E-state index contributed by atoms with van der Waals surface area (Å²) in [6, 6.07) is 6.16. The zero-order valence-corrected chi connectivity index (χ0v) is 12.0. The quantitative estimate of drug-likeness (QED) is 0.283. The van der Waals surface area contributed by atoms with Crippen LogP contribution in [0.2, 0.25) is 0 Å². The van der Waals surface area contributed by atoms with E-state index in [9.17, 15) is 14.4 Å². The van der Waals surface area contributed by atoms with E-state index in [1.807, 2.05) is 5.43 Å². The fourth-order valence-electron chi connectivity index (χ4n) is 1.51. The molecule has 1 aromatic rings. The number of aromatic carboxylic acids is 1. The molecule has 0 saturated carbocycles. The van der Waals surface area contributed by atoms with E-state index >= 15 is 0 Å². The number of nitrogens with one attached hydrogen (secondary N) is 2. The predicted octanol–water partition coefficient (Wildman–Crippen LogP) is -0.0124. The highest BCUT2D eigenvalue weighted by Crippen LogP contribution is 2.05. The van der Waals surface area contributed by atoms with Gasteiger partial charge in [0.15, 0.2) is 0 Å². The number of carbonyl (C=O) groups is 3. The molecule has 0 saturated heterocycles. The number of nitrogens with zero attached hydrogens (tertiary/aromatic N) is 1. The van der Waals surface area contributed by atoms with Crippen molar-refractivity contribution in [3.05, 3.63) is 35.4 Å². The Morgan fingerprint density at radius 3 is 2.68 bits per heavy atom. The van der Waals surface area contributed by atoms with Crippen LogP contribution in [0.3, 0.4) is 0 Å². The van der Waals surface area contributed by atoms with Gasteiger partial charge in [-0.1, -0.05) is 18.2 Å². The van der Waals surface area contributed by atoms with Crippen molar-refractivity contribution in [2.75, 3.05) is 20.3 Å². The summed E-state index contributed by atoms with van der Waals surface area (Å²) in [5.74, 6) is -2.86. The predicted molar refractivity (Wildman–Crippen MR) is 78.6 cm³/mol. The summed E-state index contributed by atoms with van der Waals surface area (Å²) in [6.07, 6.45) is 1.75. The van der Waals surface area contributed by atoms with Crippen molar-refractivity contribution in [1.29, 1.82) is 0 Å². The number of hydrogen-bond donors (Lipinski definition) is 3. The Kier molecular flexibility index (Phi) is 7.27. The number of amides is 2. The molecule has 0 bridgehead atoms. The maximum atomic E-state index is 11.4. The number of carboxylic acid groups (broad SMARTS) is 1. The van der Waals surface area contributed by atoms with Gasteiger partial charge < -0.3 is 15.2 Å². The Morgan fingerprint density at radius 1 is 1.27 bits per heavy atom. The molecule has 0 spiro atoms. The van der Waals surface area contributed by atoms with Crippen LogP contribution in [-0.4, -0.2) is 49.4 Å². The van der Waals surface area contributed by atoms with Crippen LogP contribution in [0.1, 0.15) is 22.3 Å². The summed E-state index contributed by atoms with van der Waals surface area (Å²) < 4.78 is 4.81. The molecular weight excluding hydrogens is 290 g/mol. The first kappa shape index (κ1) is 17.3. The van der Waals surface area contributed by atoms with Gasteiger partial charge in [0.2, 0.25) is 0 Å². The third kappa shape index (κ3) is 5.71. The summed E-state index contributed by atoms with van der Waals surface area (Å²) in [7, 11) is 1.54. The molecule has 118 valence electrons. The van der Waals surface area contributed by atoms with Crippen molar-refractivity contribution in [3.8, 4) is 0 Å². The first-order valence-electron chi connectivity index (χ1n) is 6.48. The van der Waals surface area contributed by atoms with E-state index in [4.69, 9.17) is 9.84 Å². The van der Waals surface area contributed by atoms with Gasteiger partial charge in [-0.15, -0.1) is 0 Å². The Morgan fingerprint density at radius 2 is 2.00 bits per heavy atom. The van der Waals surface area contributed by atoms with Gasteiger partial charge in [0.1, 0.15) is 0 Å². The van der Waals surface area contributed by atoms with Crippen LogP contribution in [0, 0.1) is 0 Å². The Labute approximate surface area is 127 Å². The van der Waals surface area contributed by atoms with Crippen molar-refractivity contribution in [2.24, 2.45) is 5.10 Å². The number of carboxylic acids is 1. The molecule has 0 heterocycles. The number of ether oxygens (including phenoxy) is 1. The summed E-state index contributed by atoms with van der Waals surface area (Å²) >= 11 is 0. The van der Waals surface area contributed by atoms with Gasteiger partial charge >= 0.3 is 17.8 Å². The van der Waals surface area contributed by atoms with Gasteiger partial charge in [-0.05, 0) is 12.5 Å². The molecular formula is C14H17N3O5. The van der Waals surface area contributed by atoms with E-state index in [0.717, 1.165) is 0 Å². The molecule has 8 nitrogen and oxygen atoms in total. The molecule has 8 heteroatoms. The molecule has 3 N–H and O–H groups in total. The smallest absolute Gasteiger partial charge is 0.336 e. The average Bonchev–Trinajstić information content (AvgIpc) is 2.51. The minimum absolute atomic E-state index is 0.0458. The van der Waals surface area contributed by atoms with E-state index in [2.05, 4.69) is 10.4 Å². The number of methoxy groups -OCH3 is 1. The lowest BCUT2D eigenvalue weighted by molar-refractivity contribution is -0.139. The van der Waals surface area contributed by atoms with Crippen molar-refractivity contribution < 1.29 is 24.2 Å². The molecule has 2 amide bonds. The molecule has 0 atom stereocenters. The summed E-state index contributed by atoms with van der Waals surface area (Å²) in [5.41, 5.74) is 2.39. The molecule has 0 aliphatic carbocycles. The molecule has 0 unspecified atom stereocenters. The van der Waals surface area contributed by atoms with Crippen LogP contribution in [-0.2, 0) is 14.3 Å². The Bertz CT molecular complexity index is 571. The summed E-state index contributed by atoms with van der Waals surface area (Å²) in [5, 5.41) is 15.0. The second kappa shape index (κ2) is 9.24. The highest BCUT2D eigenvalue weighted by atomic mass is 16.5. The molecule has 0 aliphatic rings. The van der Waals surface area contributed by atoms with Crippen molar-refractivity contribution in [1.82, 2.24) is 10.7 Å². The molecule has 0 fully saturated rings. The molecule has 0 aliphatic heterocycles. The maximum Gasteiger partial charge on any atom is 0.336 e. The first-order chi connectivity index (χ1) is 10.6. The minimum Gasteiger partial charge on any atom is -0.478 e. The molecule has 0 radical (unpaired) electrons. The van der Waals surface area contributed by atoms with Gasteiger partial charge in [-0.25, -0.2) is 10.2 Å². The zero-order chi connectivity index (χ0) is 16.4. The van der Waals surface area contributed by atoms with E-state index in [1.165, 1.54) is 25.5 Å². The standard InChI is InChI=1S/C14H17N3O5/c1-22-8-4-7-15-12(18)13(19)17-16-9-10-5-2-3-6-11(10)14(20)21/h2-3,5-6,9H,4,7-8H2,1H3,(H,15,18)(H,17,19)(H,20,21)/b16-9-. The maximum absolute atomic E-state index is 11.4. The molecule has 1 rings (SSSR count). The van der Waals surface area contributed by atoms with Gasteiger partial charge in [0.05, 0.1) is 11.8 Å². The minimum atomic E-state index is -1.11. The third-order valence-corrected chi connectivity index (χ3v) is 2.58. The van der Waals surface area contributed by atoms with Crippen molar-refractivity contribution >= 4 is 24.0 Å². The van der Waals surface area contributed by atoms with E-state index in [-0.39, 0.29) is 5.56 Å². The SMILES string of the molecule is COCCCNC(=O)C(=O)N/N=C\c1ccccc1C(=O)O. The summed E-state index contributed by atoms with van der Waals surface area (Å²) in [6.45, 7) is 0.789. The lowest BCUT2D eigenvalue weighted by Crippen LogP contribution is -2.38. The Balaban J connectivity index is 2.50. The van der Waals surface area contributed by atoms with Gasteiger partial charge in [-0.2, -0.15) is 5.10 Å². The number of hydrogen-bond acceptors (Lipinski definition) is 5. The highest BCUT2D eigenvalue weighted by Gasteiger charge is 2.11. The topological polar surface area (TPSA) is 117 Å². The van der Waals surface area contributed by atoms with Gasteiger partial charge in [0, 0.05) is 25.8 Å². The molecule has 0 aromatic heterocycles. The van der Waals surface area contributed by atoms with Gasteiger partial charge in [0.25, 0.3) is 0 Å². The monoisotopic (exact) mass is 307 g/mol. The lowest BCUT2D eigenvalue weighted by Gasteiger charge is -2.03.